The van der Waals surface area contributed by atoms with Crippen molar-refractivity contribution >= 4 is 11.8 Å². The summed E-state index contributed by atoms with van der Waals surface area (Å²) in [4.78, 5) is 25.8. The summed E-state index contributed by atoms with van der Waals surface area (Å²) in [6, 6.07) is -0.347. The fourth-order valence-corrected chi connectivity index (χ4v) is 2.55. The van der Waals surface area contributed by atoms with Gasteiger partial charge in [-0.2, -0.15) is 0 Å². The highest BCUT2D eigenvalue weighted by Gasteiger charge is 2.38. The van der Waals surface area contributed by atoms with E-state index < -0.39 is 0 Å². The van der Waals surface area contributed by atoms with Crippen molar-refractivity contribution in [2.24, 2.45) is 5.92 Å². The number of carbonyl (C=O) groups is 2. The fraction of sp³-hybridized carbons (Fsp3) is 0.833. The van der Waals surface area contributed by atoms with E-state index in [2.05, 4.69) is 5.32 Å². The van der Waals surface area contributed by atoms with E-state index in [9.17, 15) is 9.59 Å². The Balaban J connectivity index is 2.10. The lowest BCUT2D eigenvalue weighted by Gasteiger charge is -2.38. The molecule has 17 heavy (non-hydrogen) atoms. The van der Waals surface area contributed by atoms with Gasteiger partial charge >= 0.3 is 0 Å². The molecule has 0 saturated carbocycles. The molecule has 0 radical (unpaired) electrons. The molecule has 2 aliphatic heterocycles. The Kier molecular flexibility index (Phi) is 3.66. The number of ether oxygens (including phenoxy) is 1. The number of carbonyl (C=O) groups excluding carboxylic acids is 2. The molecule has 2 aliphatic rings. The first kappa shape index (κ1) is 12.4. The minimum absolute atomic E-state index is 0.0175. The van der Waals surface area contributed by atoms with Gasteiger partial charge in [-0.1, -0.05) is 13.8 Å². The van der Waals surface area contributed by atoms with E-state index in [-0.39, 0.29) is 29.9 Å². The number of hydrogen-bond acceptors (Lipinski definition) is 3. The van der Waals surface area contributed by atoms with E-state index in [0.717, 1.165) is 12.8 Å². The van der Waals surface area contributed by atoms with Crippen molar-refractivity contribution < 1.29 is 14.3 Å². The van der Waals surface area contributed by atoms with Crippen LogP contribution in [0.3, 0.4) is 0 Å². The molecule has 2 rings (SSSR count). The van der Waals surface area contributed by atoms with Gasteiger partial charge < -0.3 is 15.0 Å². The summed E-state index contributed by atoms with van der Waals surface area (Å²) in [5.41, 5.74) is 0. The molecule has 5 heteroatoms. The second-order valence-corrected chi connectivity index (χ2v) is 5.01. The van der Waals surface area contributed by atoms with Crippen molar-refractivity contribution in [1.82, 2.24) is 10.2 Å². The maximum absolute atomic E-state index is 12.3. The molecule has 0 aromatic carbocycles. The summed E-state index contributed by atoms with van der Waals surface area (Å²) in [6.07, 6.45) is 1.38. The molecule has 0 unspecified atom stereocenters. The monoisotopic (exact) mass is 240 g/mol. The van der Waals surface area contributed by atoms with Gasteiger partial charge in [-0.15, -0.1) is 0 Å². The molecule has 2 heterocycles. The molecule has 5 nitrogen and oxygen atoms in total. The summed E-state index contributed by atoms with van der Waals surface area (Å²) < 4.78 is 5.41. The lowest BCUT2D eigenvalue weighted by molar-refractivity contribution is -0.151. The van der Waals surface area contributed by atoms with Gasteiger partial charge in [-0.05, 0) is 18.8 Å². The van der Waals surface area contributed by atoms with Crippen LogP contribution >= 0.6 is 0 Å². The Morgan fingerprint density at radius 2 is 2.29 bits per heavy atom. The SMILES string of the molecule is CC(C)[C@H]1C(=O)NCCN1C(=O)[C@H]1CCCO1. The second kappa shape index (κ2) is 5.04. The zero-order valence-corrected chi connectivity index (χ0v) is 10.4. The summed E-state index contributed by atoms with van der Waals surface area (Å²) in [5.74, 6) is 0.0642. The van der Waals surface area contributed by atoms with E-state index in [0.29, 0.717) is 19.7 Å². The van der Waals surface area contributed by atoms with Gasteiger partial charge in [0.15, 0.2) is 0 Å². The van der Waals surface area contributed by atoms with E-state index in [1.54, 1.807) is 4.90 Å². The maximum Gasteiger partial charge on any atom is 0.252 e. The van der Waals surface area contributed by atoms with Gasteiger partial charge in [0.05, 0.1) is 0 Å². The normalized spacial score (nSPS) is 29.6. The van der Waals surface area contributed by atoms with Crippen molar-refractivity contribution in [1.29, 1.82) is 0 Å². The van der Waals surface area contributed by atoms with Crippen molar-refractivity contribution in [3.8, 4) is 0 Å². The van der Waals surface area contributed by atoms with Crippen LogP contribution in [0.25, 0.3) is 0 Å². The third-order valence-electron chi connectivity index (χ3n) is 3.38. The number of nitrogens with one attached hydrogen (secondary N) is 1. The van der Waals surface area contributed by atoms with E-state index >= 15 is 0 Å². The first-order valence-electron chi connectivity index (χ1n) is 6.31. The molecule has 0 aromatic rings. The highest BCUT2D eigenvalue weighted by Crippen LogP contribution is 2.20. The molecular formula is C12H20N2O3. The largest absolute Gasteiger partial charge is 0.368 e. The fourth-order valence-electron chi connectivity index (χ4n) is 2.55. The van der Waals surface area contributed by atoms with Crippen molar-refractivity contribution in [2.75, 3.05) is 19.7 Å². The highest BCUT2D eigenvalue weighted by atomic mass is 16.5. The third kappa shape index (κ3) is 2.44. The minimum Gasteiger partial charge on any atom is -0.368 e. The molecule has 0 aliphatic carbocycles. The van der Waals surface area contributed by atoms with Gasteiger partial charge in [0.2, 0.25) is 5.91 Å². The second-order valence-electron chi connectivity index (χ2n) is 5.01. The number of piperazine rings is 1. The predicted molar refractivity (Wildman–Crippen MR) is 62.3 cm³/mol. The first-order valence-corrected chi connectivity index (χ1v) is 6.31. The van der Waals surface area contributed by atoms with Gasteiger partial charge in [0, 0.05) is 19.7 Å². The van der Waals surface area contributed by atoms with E-state index in [1.807, 2.05) is 13.8 Å². The lowest BCUT2D eigenvalue weighted by Crippen LogP contribution is -2.60. The Bertz CT molecular complexity index is 311. The van der Waals surface area contributed by atoms with Crippen LogP contribution in [-0.4, -0.2) is 48.6 Å². The van der Waals surface area contributed by atoms with Crippen LogP contribution in [0.2, 0.25) is 0 Å². The first-order chi connectivity index (χ1) is 8.11. The van der Waals surface area contributed by atoms with Crippen molar-refractivity contribution in [3.05, 3.63) is 0 Å². The maximum atomic E-state index is 12.3. The smallest absolute Gasteiger partial charge is 0.252 e. The van der Waals surface area contributed by atoms with Crippen molar-refractivity contribution in [3.63, 3.8) is 0 Å². The molecule has 0 aromatic heterocycles. The number of rotatable bonds is 2. The Labute approximate surface area is 101 Å². The molecule has 2 atom stereocenters. The molecular weight excluding hydrogens is 220 g/mol. The zero-order chi connectivity index (χ0) is 12.4. The molecule has 96 valence electrons. The molecule has 0 spiro atoms. The van der Waals surface area contributed by atoms with Crippen LogP contribution in [0, 0.1) is 5.92 Å². The molecule has 2 amide bonds. The molecule has 2 saturated heterocycles. The minimum atomic E-state index is -0.347. The number of hydrogen-bond donors (Lipinski definition) is 1. The van der Waals surface area contributed by atoms with Crippen LogP contribution in [0.1, 0.15) is 26.7 Å². The molecule has 2 fully saturated rings. The summed E-state index contributed by atoms with van der Waals surface area (Å²) in [7, 11) is 0. The lowest BCUT2D eigenvalue weighted by atomic mass is 9.98. The quantitative estimate of drug-likeness (QED) is 0.747. The topological polar surface area (TPSA) is 58.6 Å². The Hall–Kier alpha value is -1.10. The molecule has 0 bridgehead atoms. The van der Waals surface area contributed by atoms with E-state index in [4.69, 9.17) is 4.74 Å². The summed E-state index contributed by atoms with van der Waals surface area (Å²) >= 11 is 0. The van der Waals surface area contributed by atoms with Crippen LogP contribution in [-0.2, 0) is 14.3 Å². The van der Waals surface area contributed by atoms with Crippen LogP contribution < -0.4 is 5.32 Å². The number of amides is 2. The highest BCUT2D eigenvalue weighted by molar-refractivity contribution is 5.90. The average Bonchev–Trinajstić information content (AvgIpc) is 2.80. The zero-order valence-electron chi connectivity index (χ0n) is 10.4. The Morgan fingerprint density at radius 1 is 1.53 bits per heavy atom. The van der Waals surface area contributed by atoms with Gasteiger partial charge in [0.25, 0.3) is 5.91 Å². The van der Waals surface area contributed by atoms with Gasteiger partial charge in [-0.25, -0.2) is 0 Å². The van der Waals surface area contributed by atoms with Crippen molar-refractivity contribution in [2.45, 2.75) is 38.8 Å². The number of nitrogens with zero attached hydrogens (tertiary/aromatic N) is 1. The Morgan fingerprint density at radius 3 is 2.88 bits per heavy atom. The average molecular weight is 240 g/mol. The van der Waals surface area contributed by atoms with Gasteiger partial charge in [-0.3, -0.25) is 9.59 Å². The van der Waals surface area contributed by atoms with Crippen LogP contribution in [0.5, 0.6) is 0 Å². The van der Waals surface area contributed by atoms with Gasteiger partial charge in [0.1, 0.15) is 12.1 Å². The van der Waals surface area contributed by atoms with E-state index in [1.165, 1.54) is 0 Å². The molecule has 1 N–H and O–H groups in total. The van der Waals surface area contributed by atoms with Crippen LogP contribution in [0.15, 0.2) is 0 Å². The third-order valence-corrected chi connectivity index (χ3v) is 3.38. The predicted octanol–water partition coefficient (Wildman–Crippen LogP) is 0.148. The standard InChI is InChI=1S/C12H20N2O3/c1-8(2)10-11(15)13-5-6-14(10)12(16)9-4-3-7-17-9/h8-10H,3-7H2,1-2H3,(H,13,15)/t9-,10+/m1/s1. The summed E-state index contributed by atoms with van der Waals surface area (Å²) in [6.45, 7) is 5.72. The summed E-state index contributed by atoms with van der Waals surface area (Å²) in [5, 5.41) is 2.82. The van der Waals surface area contributed by atoms with Crippen LogP contribution in [0.4, 0.5) is 0 Å².